The van der Waals surface area contributed by atoms with Gasteiger partial charge in [0.1, 0.15) is 17.6 Å². The molecule has 33 heavy (non-hydrogen) atoms. The average molecular weight is 483 g/mol. The van der Waals surface area contributed by atoms with E-state index in [1.165, 1.54) is 17.2 Å². The molecule has 0 spiro atoms. The van der Waals surface area contributed by atoms with E-state index < -0.39 is 49.0 Å². The van der Waals surface area contributed by atoms with Gasteiger partial charge in [0, 0.05) is 6.20 Å². The first kappa shape index (κ1) is 25.6. The van der Waals surface area contributed by atoms with E-state index in [1.54, 1.807) is 34.6 Å². The van der Waals surface area contributed by atoms with Crippen molar-refractivity contribution in [2.75, 3.05) is 13.2 Å². The van der Waals surface area contributed by atoms with Crippen molar-refractivity contribution in [1.82, 2.24) is 4.90 Å². The second-order valence-corrected chi connectivity index (χ2v) is 11.3. The molecular weight excluding hydrogens is 453 g/mol. The number of allylic oxidation sites excluding steroid dienone is 1. The van der Waals surface area contributed by atoms with E-state index in [-0.39, 0.29) is 37.9 Å². The molecule has 5 atom stereocenters. The molecule has 3 rings (SSSR count). The molecule has 0 aromatic heterocycles. The van der Waals surface area contributed by atoms with E-state index in [0.717, 1.165) is 0 Å². The number of terminal acetylenes is 1. The van der Waals surface area contributed by atoms with Gasteiger partial charge in [-0.1, -0.05) is 19.8 Å². The van der Waals surface area contributed by atoms with Gasteiger partial charge in [0.2, 0.25) is 5.91 Å². The highest BCUT2D eigenvalue weighted by Crippen LogP contribution is 2.60. The Hall–Kier alpha value is -2.02. The third kappa shape index (κ3) is 5.56. The summed E-state index contributed by atoms with van der Waals surface area (Å²) >= 11 is 0. The fourth-order valence-corrected chi connectivity index (χ4v) is 5.54. The number of fused-ring (bicyclic) bond motifs is 1. The Kier molecular flexibility index (Phi) is 7.23. The highest BCUT2D eigenvalue weighted by molar-refractivity contribution is 7.48. The number of carbonyl (C=O) groups is 3. The normalized spacial score (nSPS) is 34.3. The van der Waals surface area contributed by atoms with Crippen molar-refractivity contribution in [3.63, 3.8) is 0 Å². The molecule has 0 radical (unpaired) electrons. The van der Waals surface area contributed by atoms with E-state index in [1.807, 2.05) is 0 Å². The van der Waals surface area contributed by atoms with E-state index in [4.69, 9.17) is 29.5 Å². The summed E-state index contributed by atoms with van der Waals surface area (Å²) in [6, 6.07) is 0. The van der Waals surface area contributed by atoms with E-state index in [2.05, 4.69) is 5.92 Å². The summed E-state index contributed by atoms with van der Waals surface area (Å²) in [5.74, 6) is 1.45. The molecular formula is C22H30NO9P. The lowest BCUT2D eigenvalue weighted by molar-refractivity contribution is -0.150. The van der Waals surface area contributed by atoms with Crippen LogP contribution in [0, 0.1) is 23.2 Å². The number of rotatable bonds is 7. The maximum atomic E-state index is 13.2. The molecule has 1 amide bonds. The molecule has 0 bridgehead atoms. The molecule has 11 heteroatoms. The van der Waals surface area contributed by atoms with Crippen LogP contribution in [0.5, 0.6) is 0 Å². The van der Waals surface area contributed by atoms with Crippen LogP contribution in [-0.4, -0.2) is 60.3 Å². The second-order valence-electron chi connectivity index (χ2n) is 9.64. The van der Waals surface area contributed by atoms with Crippen LogP contribution in [0.1, 0.15) is 47.5 Å². The number of phosphoric ester groups is 1. The van der Waals surface area contributed by atoms with E-state index >= 15 is 0 Å². The molecule has 0 saturated carbocycles. The molecule has 0 aliphatic carbocycles. The van der Waals surface area contributed by atoms with Crippen molar-refractivity contribution in [1.29, 1.82) is 0 Å². The first-order valence-corrected chi connectivity index (χ1v) is 12.2. The van der Waals surface area contributed by atoms with Crippen molar-refractivity contribution in [2.45, 2.75) is 72.0 Å². The smallest absolute Gasteiger partial charge is 0.463 e. The molecule has 0 aromatic carbocycles. The third-order valence-corrected chi connectivity index (χ3v) is 6.98. The van der Waals surface area contributed by atoms with E-state index in [9.17, 15) is 18.9 Å². The van der Waals surface area contributed by atoms with Gasteiger partial charge in [-0.05, 0) is 32.3 Å². The Morgan fingerprint density at radius 1 is 1.42 bits per heavy atom. The molecule has 0 aromatic rings. The van der Waals surface area contributed by atoms with Gasteiger partial charge < -0.3 is 9.47 Å². The summed E-state index contributed by atoms with van der Waals surface area (Å²) in [6.45, 7) is 8.47. The maximum absolute atomic E-state index is 13.2. The summed E-state index contributed by atoms with van der Waals surface area (Å²) in [4.78, 5) is 37.2. The summed E-state index contributed by atoms with van der Waals surface area (Å²) < 4.78 is 41.0. The number of ether oxygens (including phenoxy) is 2. The highest BCUT2D eigenvalue weighted by atomic mass is 31.2. The SMILES string of the molecule is C#C[C@]1(C)[C@@H]2O[P@@](=O)(OCC(C)(C)CC(=O)OC(C)C)OC[C@H]2O[C@H]1N1C=CC(=O)CC1=O. The third-order valence-electron chi connectivity index (χ3n) is 5.59. The molecule has 0 unspecified atom stereocenters. The molecule has 3 aliphatic rings. The summed E-state index contributed by atoms with van der Waals surface area (Å²) in [6.07, 6.45) is 5.41. The predicted octanol–water partition coefficient (Wildman–Crippen LogP) is 2.57. The van der Waals surface area contributed by atoms with Crippen LogP contribution >= 0.6 is 7.82 Å². The molecule has 182 valence electrons. The number of nitrogens with zero attached hydrogens (tertiary/aromatic N) is 1. The predicted molar refractivity (Wildman–Crippen MR) is 115 cm³/mol. The molecule has 2 saturated heterocycles. The Bertz CT molecular complexity index is 937. The van der Waals surface area contributed by atoms with Crippen molar-refractivity contribution in [3.8, 4) is 12.3 Å². The number of ketones is 1. The van der Waals surface area contributed by atoms with Crippen molar-refractivity contribution in [3.05, 3.63) is 12.3 Å². The molecule has 10 nitrogen and oxygen atoms in total. The zero-order valence-corrected chi connectivity index (χ0v) is 20.3. The lowest BCUT2D eigenvalue weighted by Gasteiger charge is -2.38. The Labute approximate surface area is 193 Å². The van der Waals surface area contributed by atoms with Gasteiger partial charge in [-0.3, -0.25) is 32.9 Å². The Morgan fingerprint density at radius 2 is 2.12 bits per heavy atom. The van der Waals surface area contributed by atoms with E-state index in [0.29, 0.717) is 0 Å². The second kappa shape index (κ2) is 9.32. The van der Waals surface area contributed by atoms with Crippen LogP contribution in [0.2, 0.25) is 0 Å². The summed E-state index contributed by atoms with van der Waals surface area (Å²) in [5, 5.41) is 0. The minimum Gasteiger partial charge on any atom is -0.463 e. The number of hydrogen-bond donors (Lipinski definition) is 0. The first-order valence-electron chi connectivity index (χ1n) is 10.7. The largest absolute Gasteiger partial charge is 0.475 e. The zero-order chi connectivity index (χ0) is 24.6. The maximum Gasteiger partial charge on any atom is 0.475 e. The summed E-state index contributed by atoms with van der Waals surface area (Å²) in [7, 11) is -4.04. The number of amides is 1. The fourth-order valence-electron chi connectivity index (χ4n) is 3.87. The van der Waals surface area contributed by atoms with Crippen LogP contribution in [0.25, 0.3) is 0 Å². The number of carbonyl (C=O) groups excluding carboxylic acids is 3. The van der Waals surface area contributed by atoms with Gasteiger partial charge in [0.25, 0.3) is 0 Å². The lowest BCUT2D eigenvalue weighted by Crippen LogP contribution is -2.49. The van der Waals surface area contributed by atoms with Crippen LogP contribution in [0.15, 0.2) is 12.3 Å². The lowest BCUT2D eigenvalue weighted by atomic mass is 9.82. The van der Waals surface area contributed by atoms with Gasteiger partial charge in [0.15, 0.2) is 12.0 Å². The van der Waals surface area contributed by atoms with Crippen LogP contribution in [0.4, 0.5) is 0 Å². The topological polar surface area (TPSA) is 118 Å². The number of hydrogen-bond acceptors (Lipinski definition) is 9. The molecule has 2 fully saturated rings. The van der Waals surface area contributed by atoms with Crippen molar-refractivity contribution >= 4 is 25.5 Å². The monoisotopic (exact) mass is 483 g/mol. The average Bonchev–Trinajstić information content (AvgIpc) is 2.98. The van der Waals surface area contributed by atoms with Crippen LogP contribution in [0.3, 0.4) is 0 Å². The van der Waals surface area contributed by atoms with Crippen molar-refractivity contribution in [2.24, 2.45) is 10.8 Å². The van der Waals surface area contributed by atoms with Gasteiger partial charge in [-0.15, -0.1) is 6.42 Å². The number of phosphoric acid groups is 1. The minimum absolute atomic E-state index is 0.0482. The molecule has 0 N–H and O–H groups in total. The molecule has 3 aliphatic heterocycles. The quantitative estimate of drug-likeness (QED) is 0.233. The first-order chi connectivity index (χ1) is 15.3. The Balaban J connectivity index is 1.70. The van der Waals surface area contributed by atoms with Crippen LogP contribution in [-0.2, 0) is 42.0 Å². The van der Waals surface area contributed by atoms with Crippen LogP contribution < -0.4 is 0 Å². The molecule has 3 heterocycles. The van der Waals surface area contributed by atoms with Gasteiger partial charge >= 0.3 is 13.8 Å². The fraction of sp³-hybridized carbons (Fsp3) is 0.682. The Morgan fingerprint density at radius 3 is 2.73 bits per heavy atom. The van der Waals surface area contributed by atoms with Gasteiger partial charge in [-0.2, -0.15) is 0 Å². The van der Waals surface area contributed by atoms with Gasteiger partial charge in [0.05, 0.1) is 32.2 Å². The number of esters is 1. The van der Waals surface area contributed by atoms with Gasteiger partial charge in [-0.25, -0.2) is 4.57 Å². The highest BCUT2D eigenvalue weighted by Gasteiger charge is 2.61. The van der Waals surface area contributed by atoms with Crippen molar-refractivity contribution < 1.29 is 42.0 Å². The zero-order valence-electron chi connectivity index (χ0n) is 19.4. The minimum atomic E-state index is -4.04. The standard InChI is InChI=1S/C22H30NO9P/c1-7-22(6)19-16(31-20(22)23-9-8-15(24)10-17(23)25)12-28-33(27,32-19)29-13-21(4,5)11-18(26)30-14(2)3/h1,8-9,14,16,19-20H,10-13H2,2-6H3/t16-,19-,20-,22-,33-/m1/s1. The summed E-state index contributed by atoms with van der Waals surface area (Å²) in [5.41, 5.74) is -1.89.